The fourth-order valence-corrected chi connectivity index (χ4v) is 8.04. The third-order valence-corrected chi connectivity index (χ3v) is 10.7. The van der Waals surface area contributed by atoms with E-state index in [-0.39, 0.29) is 0 Å². The molecule has 11 rings (SSSR count). The Morgan fingerprint density at radius 1 is 0.357 bits per heavy atom. The Labute approximate surface area is 322 Å². The van der Waals surface area contributed by atoms with E-state index in [9.17, 15) is 0 Å². The minimum absolute atomic E-state index is 0.602. The van der Waals surface area contributed by atoms with Gasteiger partial charge in [-0.1, -0.05) is 158 Å². The molecule has 0 N–H and O–H groups in total. The number of hydrogen-bond donors (Lipinski definition) is 0. The van der Waals surface area contributed by atoms with Crippen LogP contribution in [-0.2, 0) is 0 Å². The summed E-state index contributed by atoms with van der Waals surface area (Å²) in [5, 5.41) is 4.47. The van der Waals surface area contributed by atoms with Gasteiger partial charge in [0.05, 0.1) is 11.0 Å². The lowest BCUT2D eigenvalue weighted by atomic mass is 9.97. The zero-order chi connectivity index (χ0) is 37.0. The Morgan fingerprint density at radius 3 is 1.64 bits per heavy atom. The number of benzene rings is 8. The standard InChI is InChI=1S/C51H32N4O/c1-4-14-35(15-5-1)49-52-50(36-16-6-2-7-17-36)54-51(53-49)42-23-13-25-46-47(42)41-22-12-21-39(48(41)56-46)34-28-26-33(27-29-34)37-30-31-45-43(32-37)40-20-10-11-24-44(40)55(45)38-18-8-3-9-19-38/h1-32H. The summed E-state index contributed by atoms with van der Waals surface area (Å²) in [5.74, 6) is 1.85. The van der Waals surface area contributed by atoms with E-state index in [1.165, 1.54) is 27.4 Å². The molecular weight excluding hydrogens is 685 g/mol. The van der Waals surface area contributed by atoms with E-state index in [1.807, 2.05) is 72.8 Å². The second kappa shape index (κ2) is 13.0. The number of rotatable bonds is 6. The Bertz CT molecular complexity index is 3160. The minimum Gasteiger partial charge on any atom is -0.455 e. The Morgan fingerprint density at radius 2 is 0.911 bits per heavy atom. The highest BCUT2D eigenvalue weighted by atomic mass is 16.3. The Balaban J connectivity index is 1.00. The molecule has 0 spiro atoms. The highest BCUT2D eigenvalue weighted by molar-refractivity contribution is 6.15. The molecule has 5 heteroatoms. The van der Waals surface area contributed by atoms with E-state index >= 15 is 0 Å². The van der Waals surface area contributed by atoms with Crippen molar-refractivity contribution in [2.45, 2.75) is 0 Å². The zero-order valence-corrected chi connectivity index (χ0v) is 30.2. The van der Waals surface area contributed by atoms with Gasteiger partial charge in [-0.2, -0.15) is 0 Å². The molecule has 0 aliphatic carbocycles. The van der Waals surface area contributed by atoms with Gasteiger partial charge in [0, 0.05) is 49.5 Å². The number of nitrogens with zero attached hydrogens (tertiary/aromatic N) is 4. The van der Waals surface area contributed by atoms with Gasteiger partial charge in [0.2, 0.25) is 0 Å². The van der Waals surface area contributed by atoms with E-state index in [4.69, 9.17) is 19.4 Å². The SMILES string of the molecule is c1ccc(-c2nc(-c3ccccc3)nc(-c3cccc4oc5c(-c6ccc(-c7ccc8c(c7)c7ccccc7n8-c7ccccc7)cc6)cccc5c34)n2)cc1. The van der Waals surface area contributed by atoms with Crippen molar-refractivity contribution in [1.29, 1.82) is 0 Å². The summed E-state index contributed by atoms with van der Waals surface area (Å²) in [4.78, 5) is 15.0. The summed E-state index contributed by atoms with van der Waals surface area (Å²) < 4.78 is 9.05. The van der Waals surface area contributed by atoms with Gasteiger partial charge in [0.15, 0.2) is 17.5 Å². The summed E-state index contributed by atoms with van der Waals surface area (Å²) >= 11 is 0. The van der Waals surface area contributed by atoms with Gasteiger partial charge >= 0.3 is 0 Å². The highest BCUT2D eigenvalue weighted by Gasteiger charge is 2.20. The van der Waals surface area contributed by atoms with Crippen molar-refractivity contribution in [3.05, 3.63) is 194 Å². The molecule has 11 aromatic rings. The highest BCUT2D eigenvalue weighted by Crippen LogP contribution is 2.41. The van der Waals surface area contributed by atoms with Crippen LogP contribution in [0.25, 0.3) is 106 Å². The topological polar surface area (TPSA) is 56.7 Å². The lowest BCUT2D eigenvalue weighted by Crippen LogP contribution is -2.00. The first-order valence-corrected chi connectivity index (χ1v) is 18.8. The smallest absolute Gasteiger partial charge is 0.164 e. The number of para-hydroxylation sites is 3. The van der Waals surface area contributed by atoms with Crippen LogP contribution in [0.2, 0.25) is 0 Å². The molecule has 0 saturated heterocycles. The molecule has 3 heterocycles. The first kappa shape index (κ1) is 31.9. The van der Waals surface area contributed by atoms with Crippen LogP contribution in [0.4, 0.5) is 0 Å². The molecule has 0 bridgehead atoms. The van der Waals surface area contributed by atoms with E-state index in [2.05, 4.69) is 126 Å². The molecule has 0 amide bonds. The van der Waals surface area contributed by atoms with Crippen molar-refractivity contribution in [3.63, 3.8) is 0 Å². The largest absolute Gasteiger partial charge is 0.455 e. The summed E-state index contributed by atoms with van der Waals surface area (Å²) in [6, 6.07) is 67.4. The van der Waals surface area contributed by atoms with Crippen LogP contribution in [0.3, 0.4) is 0 Å². The molecule has 0 radical (unpaired) electrons. The minimum atomic E-state index is 0.602. The van der Waals surface area contributed by atoms with Crippen LogP contribution < -0.4 is 0 Å². The molecule has 56 heavy (non-hydrogen) atoms. The summed E-state index contributed by atoms with van der Waals surface area (Å²) in [6.45, 7) is 0. The number of hydrogen-bond acceptors (Lipinski definition) is 4. The monoisotopic (exact) mass is 716 g/mol. The molecule has 0 saturated carbocycles. The van der Waals surface area contributed by atoms with Crippen molar-refractivity contribution in [2.24, 2.45) is 0 Å². The quantitative estimate of drug-likeness (QED) is 0.172. The molecule has 0 aliphatic rings. The van der Waals surface area contributed by atoms with Crippen molar-refractivity contribution < 1.29 is 4.42 Å². The normalized spacial score (nSPS) is 11.6. The average molecular weight is 717 g/mol. The van der Waals surface area contributed by atoms with Crippen molar-refractivity contribution >= 4 is 43.7 Å². The summed E-state index contributed by atoms with van der Waals surface area (Å²) in [5.41, 5.74) is 12.4. The van der Waals surface area contributed by atoms with Crippen LogP contribution in [0.1, 0.15) is 0 Å². The lowest BCUT2D eigenvalue weighted by molar-refractivity contribution is 0.670. The number of fused-ring (bicyclic) bond motifs is 6. The predicted octanol–water partition coefficient (Wildman–Crippen LogP) is 13.2. The zero-order valence-electron chi connectivity index (χ0n) is 30.2. The van der Waals surface area contributed by atoms with Crippen molar-refractivity contribution in [3.8, 4) is 62.1 Å². The molecular formula is C51H32N4O. The van der Waals surface area contributed by atoms with Gasteiger partial charge in [0.25, 0.3) is 0 Å². The average Bonchev–Trinajstić information content (AvgIpc) is 3.83. The maximum absolute atomic E-state index is 6.70. The first-order chi connectivity index (χ1) is 27.8. The van der Waals surface area contributed by atoms with Gasteiger partial charge < -0.3 is 8.98 Å². The fraction of sp³-hybridized carbons (Fsp3) is 0. The molecule has 5 nitrogen and oxygen atoms in total. The summed E-state index contributed by atoms with van der Waals surface area (Å²) in [6.07, 6.45) is 0. The Kier molecular flexibility index (Phi) is 7.42. The van der Waals surface area contributed by atoms with Crippen molar-refractivity contribution in [1.82, 2.24) is 19.5 Å². The molecule has 262 valence electrons. The number of aromatic nitrogens is 4. The Hall–Kier alpha value is -7.63. The van der Waals surface area contributed by atoms with Gasteiger partial charge in [-0.05, 0) is 53.1 Å². The molecule has 0 aliphatic heterocycles. The van der Waals surface area contributed by atoms with E-state index in [0.717, 1.165) is 61.0 Å². The van der Waals surface area contributed by atoms with Crippen LogP contribution in [-0.4, -0.2) is 19.5 Å². The second-order valence-corrected chi connectivity index (χ2v) is 14.0. The molecule has 8 aromatic carbocycles. The van der Waals surface area contributed by atoms with Crippen LogP contribution in [0.15, 0.2) is 199 Å². The van der Waals surface area contributed by atoms with Gasteiger partial charge in [-0.25, -0.2) is 15.0 Å². The third kappa shape index (κ3) is 5.29. The van der Waals surface area contributed by atoms with Crippen molar-refractivity contribution in [2.75, 3.05) is 0 Å². The maximum Gasteiger partial charge on any atom is 0.164 e. The molecule has 0 atom stereocenters. The molecule has 3 aromatic heterocycles. The van der Waals surface area contributed by atoms with Gasteiger partial charge in [-0.3, -0.25) is 0 Å². The van der Waals surface area contributed by atoms with Gasteiger partial charge in [0.1, 0.15) is 11.2 Å². The van der Waals surface area contributed by atoms with E-state index < -0.39 is 0 Å². The van der Waals surface area contributed by atoms with E-state index in [0.29, 0.717) is 17.5 Å². The molecule has 0 unspecified atom stereocenters. The van der Waals surface area contributed by atoms with Crippen LogP contribution in [0.5, 0.6) is 0 Å². The number of furan rings is 1. The summed E-state index contributed by atoms with van der Waals surface area (Å²) in [7, 11) is 0. The second-order valence-electron chi connectivity index (χ2n) is 14.0. The predicted molar refractivity (Wildman–Crippen MR) is 229 cm³/mol. The lowest BCUT2D eigenvalue weighted by Gasteiger charge is -2.09. The fourth-order valence-electron chi connectivity index (χ4n) is 8.04. The molecule has 0 fully saturated rings. The maximum atomic E-state index is 6.70. The first-order valence-electron chi connectivity index (χ1n) is 18.8. The van der Waals surface area contributed by atoms with Crippen LogP contribution in [0, 0.1) is 0 Å². The van der Waals surface area contributed by atoms with E-state index in [1.54, 1.807) is 0 Å². The van der Waals surface area contributed by atoms with Crippen LogP contribution >= 0.6 is 0 Å². The van der Waals surface area contributed by atoms with Gasteiger partial charge in [-0.15, -0.1) is 0 Å². The third-order valence-electron chi connectivity index (χ3n) is 10.7.